The number of anilines is 1. The second kappa shape index (κ2) is 5.96. The summed E-state index contributed by atoms with van der Waals surface area (Å²) < 4.78 is 6.49. The van der Waals surface area contributed by atoms with Crippen molar-refractivity contribution in [3.8, 4) is 17.0 Å². The van der Waals surface area contributed by atoms with Crippen molar-refractivity contribution in [2.45, 2.75) is 19.9 Å². The van der Waals surface area contributed by atoms with E-state index in [1.165, 1.54) is 4.68 Å². The van der Waals surface area contributed by atoms with Gasteiger partial charge in [0.2, 0.25) is 0 Å². The van der Waals surface area contributed by atoms with E-state index in [1.54, 1.807) is 25.3 Å². The summed E-state index contributed by atoms with van der Waals surface area (Å²) in [5.41, 5.74) is 7.06. The van der Waals surface area contributed by atoms with Crippen molar-refractivity contribution in [2.24, 2.45) is 0 Å². The summed E-state index contributed by atoms with van der Waals surface area (Å²) >= 11 is 6.10. The highest BCUT2D eigenvalue weighted by molar-refractivity contribution is 6.32. The Morgan fingerprint density at radius 2 is 2.15 bits per heavy atom. The van der Waals surface area contributed by atoms with Crippen molar-refractivity contribution in [1.29, 1.82) is 0 Å². The molecule has 0 aliphatic rings. The molecular formula is C14H16ClN3O2. The van der Waals surface area contributed by atoms with Crippen molar-refractivity contribution in [3.63, 3.8) is 0 Å². The molecule has 2 N–H and O–H groups in total. The molecule has 106 valence electrons. The zero-order valence-corrected chi connectivity index (χ0v) is 12.1. The summed E-state index contributed by atoms with van der Waals surface area (Å²) in [4.78, 5) is 11.8. The number of benzene rings is 1. The average molecular weight is 294 g/mol. The van der Waals surface area contributed by atoms with Gasteiger partial charge in [0.1, 0.15) is 11.4 Å². The molecular weight excluding hydrogens is 278 g/mol. The lowest BCUT2D eigenvalue weighted by atomic mass is 10.1. The molecule has 1 aromatic heterocycles. The molecule has 0 bridgehead atoms. The maximum absolute atomic E-state index is 11.8. The quantitative estimate of drug-likeness (QED) is 0.940. The number of halogens is 1. The summed E-state index contributed by atoms with van der Waals surface area (Å²) in [5.74, 6) is 0.588. The molecule has 0 spiro atoms. The highest BCUT2D eigenvalue weighted by Crippen LogP contribution is 2.29. The summed E-state index contributed by atoms with van der Waals surface area (Å²) in [6, 6.07) is 6.88. The third kappa shape index (κ3) is 2.77. The van der Waals surface area contributed by atoms with Crippen LogP contribution in [0.15, 0.2) is 29.1 Å². The molecule has 0 radical (unpaired) electrons. The summed E-state index contributed by atoms with van der Waals surface area (Å²) in [6.07, 6.45) is 0.805. The number of hydrogen-bond acceptors (Lipinski definition) is 4. The number of aromatic nitrogens is 2. The molecule has 0 aliphatic heterocycles. The first-order chi connectivity index (χ1) is 9.56. The van der Waals surface area contributed by atoms with E-state index in [0.717, 1.165) is 12.0 Å². The number of hydrogen-bond donors (Lipinski definition) is 1. The monoisotopic (exact) mass is 293 g/mol. The average Bonchev–Trinajstić information content (AvgIpc) is 2.43. The van der Waals surface area contributed by atoms with Gasteiger partial charge in [0.25, 0.3) is 5.56 Å². The molecule has 20 heavy (non-hydrogen) atoms. The first kappa shape index (κ1) is 14.4. The molecule has 2 rings (SSSR count). The van der Waals surface area contributed by atoms with E-state index in [1.807, 2.05) is 13.0 Å². The summed E-state index contributed by atoms with van der Waals surface area (Å²) in [6.45, 7) is 2.50. The van der Waals surface area contributed by atoms with Crippen molar-refractivity contribution >= 4 is 17.3 Å². The van der Waals surface area contributed by atoms with Crippen molar-refractivity contribution in [1.82, 2.24) is 9.78 Å². The number of nitrogen functional groups attached to an aromatic ring is 1. The van der Waals surface area contributed by atoms with Crippen LogP contribution in [0, 0.1) is 0 Å². The van der Waals surface area contributed by atoms with Gasteiger partial charge in [0, 0.05) is 12.1 Å². The maximum Gasteiger partial charge on any atom is 0.289 e. The molecule has 0 saturated carbocycles. The van der Waals surface area contributed by atoms with Gasteiger partial charge in [0.05, 0.1) is 17.8 Å². The highest BCUT2D eigenvalue weighted by atomic mass is 35.5. The number of methoxy groups -OCH3 is 1. The SMILES string of the molecule is CCCn1nc(-c2ccc(OC)c(Cl)c2)cc(N)c1=O. The van der Waals surface area contributed by atoms with Crippen LogP contribution in [0.4, 0.5) is 5.69 Å². The lowest BCUT2D eigenvalue weighted by Gasteiger charge is -2.09. The summed E-state index contributed by atoms with van der Waals surface area (Å²) in [5, 5.41) is 4.80. The number of nitrogens with two attached hydrogens (primary N) is 1. The van der Waals surface area contributed by atoms with E-state index < -0.39 is 0 Å². The standard InChI is InChI=1S/C14H16ClN3O2/c1-3-6-18-14(19)11(16)8-12(17-18)9-4-5-13(20-2)10(15)7-9/h4-5,7-8H,3,6,16H2,1-2H3. The van der Waals surface area contributed by atoms with E-state index in [0.29, 0.717) is 23.0 Å². The molecule has 0 atom stereocenters. The van der Waals surface area contributed by atoms with Crippen molar-refractivity contribution < 1.29 is 4.74 Å². The minimum Gasteiger partial charge on any atom is -0.495 e. The van der Waals surface area contributed by atoms with Crippen LogP contribution in [0.25, 0.3) is 11.3 Å². The van der Waals surface area contributed by atoms with Gasteiger partial charge in [-0.2, -0.15) is 5.10 Å². The lowest BCUT2D eigenvalue weighted by molar-refractivity contribution is 0.415. The lowest BCUT2D eigenvalue weighted by Crippen LogP contribution is -2.25. The normalized spacial score (nSPS) is 10.6. The fourth-order valence-electron chi connectivity index (χ4n) is 1.89. The third-order valence-electron chi connectivity index (χ3n) is 2.89. The van der Waals surface area contributed by atoms with Gasteiger partial charge >= 0.3 is 0 Å². The molecule has 0 saturated heterocycles. The van der Waals surface area contributed by atoms with Crippen molar-refractivity contribution in [2.75, 3.05) is 12.8 Å². The smallest absolute Gasteiger partial charge is 0.289 e. The first-order valence-electron chi connectivity index (χ1n) is 6.28. The Morgan fingerprint density at radius 3 is 2.75 bits per heavy atom. The Hall–Kier alpha value is -2.01. The van der Waals surface area contributed by atoms with Crippen LogP contribution in [0.3, 0.4) is 0 Å². The molecule has 5 nitrogen and oxygen atoms in total. The van der Waals surface area contributed by atoms with E-state index in [2.05, 4.69) is 5.10 Å². The molecule has 0 amide bonds. The van der Waals surface area contributed by atoms with E-state index in [4.69, 9.17) is 22.1 Å². The summed E-state index contributed by atoms with van der Waals surface area (Å²) in [7, 11) is 1.55. The second-order valence-electron chi connectivity index (χ2n) is 4.36. The molecule has 0 fully saturated rings. The Labute approximate surface area is 121 Å². The molecule has 1 heterocycles. The zero-order chi connectivity index (χ0) is 14.7. The predicted octanol–water partition coefficient (Wildman–Crippen LogP) is 2.56. The fourth-order valence-corrected chi connectivity index (χ4v) is 2.15. The second-order valence-corrected chi connectivity index (χ2v) is 4.77. The van der Waals surface area contributed by atoms with Gasteiger partial charge in [-0.1, -0.05) is 18.5 Å². The maximum atomic E-state index is 11.8. The van der Waals surface area contributed by atoms with E-state index >= 15 is 0 Å². The number of ether oxygens (including phenoxy) is 1. The fraction of sp³-hybridized carbons (Fsp3) is 0.286. The van der Waals surface area contributed by atoms with E-state index in [-0.39, 0.29) is 11.2 Å². The van der Waals surface area contributed by atoms with Crippen LogP contribution in [-0.2, 0) is 6.54 Å². The van der Waals surface area contributed by atoms with Crippen LogP contribution < -0.4 is 16.0 Å². The molecule has 2 aromatic rings. The highest BCUT2D eigenvalue weighted by Gasteiger charge is 2.09. The Morgan fingerprint density at radius 1 is 1.40 bits per heavy atom. The van der Waals surface area contributed by atoms with Gasteiger partial charge in [-0.3, -0.25) is 4.79 Å². The van der Waals surface area contributed by atoms with Crippen LogP contribution in [0.2, 0.25) is 5.02 Å². The Balaban J connectivity index is 2.52. The first-order valence-corrected chi connectivity index (χ1v) is 6.66. The van der Waals surface area contributed by atoms with Gasteiger partial charge in [-0.25, -0.2) is 4.68 Å². The van der Waals surface area contributed by atoms with Gasteiger partial charge in [-0.05, 0) is 30.7 Å². The molecule has 0 unspecified atom stereocenters. The largest absolute Gasteiger partial charge is 0.495 e. The number of aryl methyl sites for hydroxylation is 1. The molecule has 1 aromatic carbocycles. The zero-order valence-electron chi connectivity index (χ0n) is 11.4. The number of rotatable bonds is 4. The van der Waals surface area contributed by atoms with Gasteiger partial charge in [-0.15, -0.1) is 0 Å². The minimum atomic E-state index is -0.268. The predicted molar refractivity (Wildman–Crippen MR) is 80.2 cm³/mol. The number of nitrogens with zero attached hydrogens (tertiary/aromatic N) is 2. The third-order valence-corrected chi connectivity index (χ3v) is 3.18. The molecule has 6 heteroatoms. The topological polar surface area (TPSA) is 70.1 Å². The van der Waals surface area contributed by atoms with Gasteiger partial charge in [0.15, 0.2) is 0 Å². The Kier molecular flexibility index (Phi) is 4.29. The van der Waals surface area contributed by atoms with Gasteiger partial charge < -0.3 is 10.5 Å². The minimum absolute atomic E-state index is 0.176. The Bertz CT molecular complexity index is 683. The van der Waals surface area contributed by atoms with Crippen LogP contribution in [0.5, 0.6) is 5.75 Å². The van der Waals surface area contributed by atoms with E-state index in [9.17, 15) is 4.79 Å². The van der Waals surface area contributed by atoms with Crippen LogP contribution in [-0.4, -0.2) is 16.9 Å². The van der Waals surface area contributed by atoms with Crippen LogP contribution in [0.1, 0.15) is 13.3 Å². The molecule has 0 aliphatic carbocycles. The van der Waals surface area contributed by atoms with Crippen LogP contribution >= 0.6 is 11.6 Å². The van der Waals surface area contributed by atoms with Crippen molar-refractivity contribution in [3.05, 3.63) is 39.6 Å².